The van der Waals surface area contributed by atoms with E-state index in [4.69, 9.17) is 14.2 Å². The Bertz CT molecular complexity index is 774. The summed E-state index contributed by atoms with van der Waals surface area (Å²) in [5.41, 5.74) is 0. The largest absolute Gasteiger partial charge is 0.462 e. The van der Waals surface area contributed by atoms with E-state index >= 15 is 0 Å². The first-order chi connectivity index (χ1) is 23.0. The van der Waals surface area contributed by atoms with E-state index in [0.29, 0.717) is 12.8 Å². The summed E-state index contributed by atoms with van der Waals surface area (Å²) in [5.74, 6) is -1.17. The van der Waals surface area contributed by atoms with E-state index in [1.807, 2.05) is 13.0 Å². The van der Waals surface area contributed by atoms with Gasteiger partial charge in [0.15, 0.2) is 6.10 Å². The van der Waals surface area contributed by atoms with Crippen LogP contribution in [0, 0.1) is 0 Å². The Balaban J connectivity index is 4.16. The van der Waals surface area contributed by atoms with E-state index in [9.17, 15) is 14.4 Å². The Hall–Kier alpha value is -2.11. The zero-order valence-corrected chi connectivity index (χ0v) is 31.0. The zero-order chi connectivity index (χ0) is 34.5. The van der Waals surface area contributed by atoms with Gasteiger partial charge in [0, 0.05) is 18.9 Å². The van der Waals surface area contributed by atoms with E-state index < -0.39 is 12.1 Å². The number of rotatable bonds is 35. The Labute approximate surface area is 290 Å². The monoisotopic (exact) mass is 663 g/mol. The van der Waals surface area contributed by atoms with Crippen molar-refractivity contribution in [3.8, 4) is 0 Å². The second-order valence-electron chi connectivity index (χ2n) is 13.3. The minimum Gasteiger partial charge on any atom is -0.462 e. The van der Waals surface area contributed by atoms with Crippen LogP contribution < -0.4 is 0 Å². The van der Waals surface area contributed by atoms with Gasteiger partial charge in [-0.15, -0.1) is 0 Å². The van der Waals surface area contributed by atoms with Crippen LogP contribution in [0.2, 0.25) is 0 Å². The van der Waals surface area contributed by atoms with Crippen LogP contribution in [0.3, 0.4) is 0 Å². The molecular formula is C41H74O6. The summed E-state index contributed by atoms with van der Waals surface area (Å²) < 4.78 is 16.3. The molecule has 0 amide bonds. The van der Waals surface area contributed by atoms with Gasteiger partial charge in [0.25, 0.3) is 0 Å². The normalized spacial score (nSPS) is 12.1. The molecule has 0 fully saturated rings. The summed E-state index contributed by atoms with van der Waals surface area (Å²) in [5, 5.41) is 0. The first kappa shape index (κ1) is 44.9. The van der Waals surface area contributed by atoms with Crippen molar-refractivity contribution in [1.82, 2.24) is 0 Å². The van der Waals surface area contributed by atoms with Crippen molar-refractivity contribution in [2.45, 2.75) is 207 Å². The lowest BCUT2D eigenvalue weighted by atomic mass is 10.0. The van der Waals surface area contributed by atoms with Crippen LogP contribution in [-0.2, 0) is 28.6 Å². The van der Waals surface area contributed by atoms with Gasteiger partial charge in [-0.2, -0.15) is 0 Å². The fourth-order valence-corrected chi connectivity index (χ4v) is 5.66. The SMILES string of the molecule is C/C=C/C=C/C(=O)OC[C@H](COC(=O)CCCCCCCCCCCCCCC)OC(=O)CCCCCCCCCCCCCCC. The first-order valence-corrected chi connectivity index (χ1v) is 19.8. The molecule has 0 aromatic rings. The fourth-order valence-electron chi connectivity index (χ4n) is 5.66. The number of hydrogen-bond donors (Lipinski definition) is 0. The van der Waals surface area contributed by atoms with Gasteiger partial charge in [0.1, 0.15) is 13.2 Å². The average molecular weight is 663 g/mol. The maximum atomic E-state index is 12.5. The molecule has 0 aliphatic rings. The van der Waals surface area contributed by atoms with Crippen LogP contribution in [0.25, 0.3) is 0 Å². The Kier molecular flexibility index (Phi) is 35.1. The third kappa shape index (κ3) is 35.0. The molecule has 0 aliphatic heterocycles. The fraction of sp³-hybridized carbons (Fsp3) is 0.829. The van der Waals surface area contributed by atoms with Crippen LogP contribution in [0.15, 0.2) is 24.3 Å². The first-order valence-electron chi connectivity index (χ1n) is 19.8. The lowest BCUT2D eigenvalue weighted by Crippen LogP contribution is -2.30. The molecular weight excluding hydrogens is 588 g/mol. The molecule has 0 aromatic heterocycles. The Morgan fingerprint density at radius 1 is 0.468 bits per heavy atom. The van der Waals surface area contributed by atoms with E-state index in [1.54, 1.807) is 12.2 Å². The molecule has 0 spiro atoms. The van der Waals surface area contributed by atoms with E-state index in [0.717, 1.165) is 38.5 Å². The number of carbonyl (C=O) groups excluding carboxylic acids is 3. The maximum absolute atomic E-state index is 12.5. The van der Waals surface area contributed by atoms with Crippen LogP contribution in [0.4, 0.5) is 0 Å². The molecule has 0 aromatic carbocycles. The molecule has 0 aliphatic carbocycles. The smallest absolute Gasteiger partial charge is 0.330 e. The van der Waals surface area contributed by atoms with Crippen molar-refractivity contribution in [2.24, 2.45) is 0 Å². The number of carbonyl (C=O) groups is 3. The molecule has 0 N–H and O–H groups in total. The van der Waals surface area contributed by atoms with Gasteiger partial charge in [-0.25, -0.2) is 4.79 Å². The number of ether oxygens (including phenoxy) is 3. The summed E-state index contributed by atoms with van der Waals surface area (Å²) in [7, 11) is 0. The van der Waals surface area contributed by atoms with Crippen molar-refractivity contribution in [3.05, 3.63) is 24.3 Å². The summed E-state index contributed by atoms with van der Waals surface area (Å²) in [6.07, 6.45) is 38.7. The van der Waals surface area contributed by atoms with Gasteiger partial charge in [-0.05, 0) is 19.8 Å². The molecule has 274 valence electrons. The van der Waals surface area contributed by atoms with Gasteiger partial charge in [0.05, 0.1) is 0 Å². The van der Waals surface area contributed by atoms with Gasteiger partial charge in [-0.3, -0.25) is 9.59 Å². The molecule has 0 unspecified atom stereocenters. The quantitative estimate of drug-likeness (QED) is 0.0221. The average Bonchev–Trinajstić information content (AvgIpc) is 3.06. The highest BCUT2D eigenvalue weighted by Gasteiger charge is 2.19. The molecule has 0 rings (SSSR count). The van der Waals surface area contributed by atoms with Crippen molar-refractivity contribution >= 4 is 17.9 Å². The molecule has 6 nitrogen and oxygen atoms in total. The molecule has 0 saturated carbocycles. The second-order valence-corrected chi connectivity index (χ2v) is 13.3. The molecule has 47 heavy (non-hydrogen) atoms. The molecule has 0 heterocycles. The molecule has 0 bridgehead atoms. The predicted octanol–water partition coefficient (Wildman–Crippen LogP) is 12.1. The third-order valence-electron chi connectivity index (χ3n) is 8.64. The van der Waals surface area contributed by atoms with Crippen LogP contribution in [0.5, 0.6) is 0 Å². The molecule has 0 saturated heterocycles. The number of allylic oxidation sites excluding steroid dienone is 3. The van der Waals surface area contributed by atoms with Crippen molar-refractivity contribution in [1.29, 1.82) is 0 Å². The van der Waals surface area contributed by atoms with Gasteiger partial charge >= 0.3 is 17.9 Å². The summed E-state index contributed by atoms with van der Waals surface area (Å²) in [4.78, 5) is 36.9. The summed E-state index contributed by atoms with van der Waals surface area (Å²) in [6.45, 7) is 6.12. The zero-order valence-electron chi connectivity index (χ0n) is 31.0. The van der Waals surface area contributed by atoms with Crippen LogP contribution in [0.1, 0.15) is 201 Å². The van der Waals surface area contributed by atoms with Crippen LogP contribution in [-0.4, -0.2) is 37.2 Å². The topological polar surface area (TPSA) is 78.9 Å². The molecule has 0 radical (unpaired) electrons. The highest BCUT2D eigenvalue weighted by atomic mass is 16.6. The molecule has 6 heteroatoms. The highest BCUT2D eigenvalue weighted by Crippen LogP contribution is 2.15. The number of esters is 3. The Morgan fingerprint density at radius 2 is 0.830 bits per heavy atom. The van der Waals surface area contributed by atoms with Gasteiger partial charge in [-0.1, -0.05) is 186 Å². The lowest BCUT2D eigenvalue weighted by molar-refractivity contribution is -0.165. The summed E-state index contributed by atoms with van der Waals surface area (Å²) >= 11 is 0. The highest BCUT2D eigenvalue weighted by molar-refractivity contribution is 5.82. The van der Waals surface area contributed by atoms with Crippen LogP contribution >= 0.6 is 0 Å². The van der Waals surface area contributed by atoms with Gasteiger partial charge < -0.3 is 14.2 Å². The van der Waals surface area contributed by atoms with Crippen molar-refractivity contribution in [2.75, 3.05) is 13.2 Å². The minimum absolute atomic E-state index is 0.104. The van der Waals surface area contributed by atoms with Gasteiger partial charge in [0.2, 0.25) is 0 Å². The third-order valence-corrected chi connectivity index (χ3v) is 8.64. The van der Waals surface area contributed by atoms with E-state index in [2.05, 4.69) is 13.8 Å². The lowest BCUT2D eigenvalue weighted by Gasteiger charge is -2.18. The minimum atomic E-state index is -0.806. The van der Waals surface area contributed by atoms with Crippen molar-refractivity contribution in [3.63, 3.8) is 0 Å². The standard InChI is InChI=1S/C41H74O6/c1-4-7-10-12-14-16-18-20-22-24-26-28-31-34-40(43)46-37-38(36-45-39(42)33-30-9-6-3)47-41(44)35-32-29-27-25-23-21-19-17-15-13-11-8-5-2/h6,9,30,33,38H,4-5,7-8,10-29,31-32,34-37H2,1-3H3/b9-6+,33-30+/t38-/m1/s1. The molecule has 1 atom stereocenters. The summed E-state index contributed by atoms with van der Waals surface area (Å²) in [6, 6.07) is 0. The number of unbranched alkanes of at least 4 members (excludes halogenated alkanes) is 24. The predicted molar refractivity (Wildman–Crippen MR) is 196 cm³/mol. The Morgan fingerprint density at radius 3 is 1.23 bits per heavy atom. The second kappa shape index (κ2) is 36.7. The number of hydrogen-bond acceptors (Lipinski definition) is 6. The maximum Gasteiger partial charge on any atom is 0.330 e. The van der Waals surface area contributed by atoms with Crippen molar-refractivity contribution < 1.29 is 28.6 Å². The van der Waals surface area contributed by atoms with E-state index in [-0.39, 0.29) is 25.2 Å². The van der Waals surface area contributed by atoms with E-state index in [1.165, 1.54) is 134 Å².